The molecule has 0 unspecified atom stereocenters. The van der Waals surface area contributed by atoms with E-state index in [1.807, 2.05) is 24.3 Å². The van der Waals surface area contributed by atoms with Gasteiger partial charge >= 0.3 is 0 Å². The van der Waals surface area contributed by atoms with E-state index in [2.05, 4.69) is 46.8 Å². The number of rotatable bonds is 7. The lowest BCUT2D eigenvalue weighted by Gasteiger charge is -2.09. The maximum Gasteiger partial charge on any atom is 0.278 e. The van der Waals surface area contributed by atoms with Crippen LogP contribution in [-0.2, 0) is 10.5 Å². The van der Waals surface area contributed by atoms with E-state index >= 15 is 0 Å². The third-order valence-corrected chi connectivity index (χ3v) is 5.79. The van der Waals surface area contributed by atoms with Crippen LogP contribution in [0.5, 0.6) is 0 Å². The molecule has 0 atom stereocenters. The number of hydrogen-bond acceptors (Lipinski definition) is 7. The number of nitrogens with zero attached hydrogens (tertiary/aromatic N) is 5. The van der Waals surface area contributed by atoms with Crippen molar-refractivity contribution in [3.05, 3.63) is 82.9 Å². The van der Waals surface area contributed by atoms with Gasteiger partial charge in [0.25, 0.3) is 5.91 Å². The number of anilines is 2. The zero-order chi connectivity index (χ0) is 23.2. The summed E-state index contributed by atoms with van der Waals surface area (Å²) in [7, 11) is 0. The molecule has 2 aromatic carbocycles. The molecule has 0 saturated carbocycles. The molecular formula is C22H18BrN7O2S. The number of amides is 2. The number of aromatic nitrogens is 5. The largest absolute Gasteiger partial charge is 0.326 e. The number of nitrogens with one attached hydrogen (secondary N) is 2. The predicted molar refractivity (Wildman–Crippen MR) is 129 cm³/mol. The molecule has 2 N–H and O–H groups in total. The molecular weight excluding hydrogens is 506 g/mol. The van der Waals surface area contributed by atoms with Crippen molar-refractivity contribution in [2.75, 3.05) is 10.6 Å². The summed E-state index contributed by atoms with van der Waals surface area (Å²) in [5.74, 6) is -0.233. The molecule has 0 spiro atoms. The van der Waals surface area contributed by atoms with Crippen LogP contribution in [0.25, 0.3) is 5.69 Å². The number of carbonyl (C=O) groups is 2. The van der Waals surface area contributed by atoms with Crippen LogP contribution in [-0.4, -0.2) is 36.8 Å². The summed E-state index contributed by atoms with van der Waals surface area (Å²) >= 11 is 4.81. The third kappa shape index (κ3) is 5.82. The summed E-state index contributed by atoms with van der Waals surface area (Å²) < 4.78 is 2.56. The van der Waals surface area contributed by atoms with Crippen molar-refractivity contribution < 1.29 is 9.59 Å². The van der Waals surface area contributed by atoms with Gasteiger partial charge in [-0.05, 0) is 48.5 Å². The fourth-order valence-corrected chi connectivity index (χ4v) is 4.02. The summed E-state index contributed by atoms with van der Waals surface area (Å²) in [6.07, 6.45) is 3.32. The second kappa shape index (κ2) is 10.4. The van der Waals surface area contributed by atoms with Gasteiger partial charge in [0.1, 0.15) is 0 Å². The summed E-state index contributed by atoms with van der Waals surface area (Å²) in [6.45, 7) is 1.42. The SMILES string of the molecule is CC(=O)Nc1cccc(NC(=O)c2nnn(-c3ccc(Br)cc3)c2CSc2ncccn2)c1. The molecule has 0 radical (unpaired) electrons. The fraction of sp³-hybridized carbons (Fsp3) is 0.0909. The predicted octanol–water partition coefficient (Wildman–Crippen LogP) is 4.32. The first-order valence-corrected chi connectivity index (χ1v) is 11.6. The van der Waals surface area contributed by atoms with Gasteiger partial charge in [0.15, 0.2) is 10.9 Å². The van der Waals surface area contributed by atoms with E-state index in [1.165, 1.54) is 18.7 Å². The Bertz CT molecular complexity index is 1280. The van der Waals surface area contributed by atoms with Crippen molar-refractivity contribution in [1.82, 2.24) is 25.0 Å². The first kappa shape index (κ1) is 22.6. The molecule has 0 fully saturated rings. The Balaban J connectivity index is 1.63. The molecule has 0 bridgehead atoms. The van der Waals surface area contributed by atoms with E-state index in [0.29, 0.717) is 28.0 Å². The fourth-order valence-electron chi connectivity index (χ4n) is 2.96. The number of hydrogen-bond donors (Lipinski definition) is 2. The van der Waals surface area contributed by atoms with Crippen LogP contribution in [0.4, 0.5) is 11.4 Å². The van der Waals surface area contributed by atoms with Gasteiger partial charge < -0.3 is 10.6 Å². The highest BCUT2D eigenvalue weighted by Crippen LogP contribution is 2.24. The lowest BCUT2D eigenvalue weighted by atomic mass is 10.2. The molecule has 11 heteroatoms. The molecule has 4 aromatic rings. The third-order valence-electron chi connectivity index (χ3n) is 4.37. The van der Waals surface area contributed by atoms with Crippen molar-refractivity contribution in [1.29, 1.82) is 0 Å². The summed E-state index contributed by atoms with van der Waals surface area (Å²) in [5, 5.41) is 14.5. The average Bonchev–Trinajstić information content (AvgIpc) is 3.23. The normalized spacial score (nSPS) is 10.6. The number of carbonyl (C=O) groups excluding carboxylic acids is 2. The van der Waals surface area contributed by atoms with Crippen LogP contribution < -0.4 is 10.6 Å². The monoisotopic (exact) mass is 523 g/mol. The molecule has 2 amide bonds. The van der Waals surface area contributed by atoms with Gasteiger partial charge in [0.05, 0.1) is 11.4 Å². The van der Waals surface area contributed by atoms with Crippen LogP contribution in [0.2, 0.25) is 0 Å². The minimum Gasteiger partial charge on any atom is -0.326 e. The van der Waals surface area contributed by atoms with Crippen LogP contribution in [0, 0.1) is 0 Å². The molecule has 0 aliphatic rings. The van der Waals surface area contributed by atoms with Gasteiger partial charge in [0.2, 0.25) is 5.91 Å². The lowest BCUT2D eigenvalue weighted by Crippen LogP contribution is -2.15. The molecule has 0 aliphatic carbocycles. The minimum atomic E-state index is -0.414. The van der Waals surface area contributed by atoms with E-state index < -0.39 is 5.91 Å². The Kier molecular flexibility index (Phi) is 7.10. The summed E-state index contributed by atoms with van der Waals surface area (Å²) in [4.78, 5) is 32.9. The highest BCUT2D eigenvalue weighted by Gasteiger charge is 2.21. The first-order chi connectivity index (χ1) is 16.0. The molecule has 2 aromatic heterocycles. The molecule has 4 rings (SSSR count). The molecule has 2 heterocycles. The number of thioether (sulfide) groups is 1. The second-order valence-corrected chi connectivity index (χ2v) is 8.67. The maximum absolute atomic E-state index is 13.1. The van der Waals surface area contributed by atoms with Gasteiger partial charge in [-0.1, -0.05) is 39.0 Å². The van der Waals surface area contributed by atoms with E-state index in [1.54, 1.807) is 47.4 Å². The smallest absolute Gasteiger partial charge is 0.278 e. The van der Waals surface area contributed by atoms with E-state index in [4.69, 9.17) is 0 Å². The second-order valence-electron chi connectivity index (χ2n) is 6.81. The van der Waals surface area contributed by atoms with Crippen LogP contribution in [0.15, 0.2) is 76.6 Å². The van der Waals surface area contributed by atoms with Crippen molar-refractivity contribution in [3.63, 3.8) is 0 Å². The quantitative estimate of drug-likeness (QED) is 0.273. The van der Waals surface area contributed by atoms with Gasteiger partial charge in [0, 0.05) is 40.9 Å². The van der Waals surface area contributed by atoms with Crippen molar-refractivity contribution >= 4 is 50.9 Å². The van der Waals surface area contributed by atoms with Gasteiger partial charge in [-0.25, -0.2) is 14.6 Å². The van der Waals surface area contributed by atoms with Crippen LogP contribution in [0.3, 0.4) is 0 Å². The van der Waals surface area contributed by atoms with Crippen LogP contribution in [0.1, 0.15) is 23.1 Å². The number of benzene rings is 2. The minimum absolute atomic E-state index is 0.186. The van der Waals surface area contributed by atoms with Crippen molar-refractivity contribution in [2.45, 2.75) is 17.8 Å². The highest BCUT2D eigenvalue weighted by molar-refractivity contribution is 9.10. The standard InChI is InChI=1S/C22H18BrN7O2S/c1-14(31)26-16-4-2-5-17(12-16)27-21(32)20-19(13-33-22-24-10-3-11-25-22)30(29-28-20)18-8-6-15(23)7-9-18/h2-12H,13H2,1H3,(H,26,31)(H,27,32). The maximum atomic E-state index is 13.1. The zero-order valence-electron chi connectivity index (χ0n) is 17.4. The highest BCUT2D eigenvalue weighted by atomic mass is 79.9. The van der Waals surface area contributed by atoms with E-state index in [0.717, 1.165) is 10.2 Å². The topological polar surface area (TPSA) is 115 Å². The van der Waals surface area contributed by atoms with Gasteiger partial charge in [-0.3, -0.25) is 9.59 Å². The molecule has 166 valence electrons. The molecule has 9 nitrogen and oxygen atoms in total. The molecule has 0 aliphatic heterocycles. The summed E-state index contributed by atoms with van der Waals surface area (Å²) in [6, 6.07) is 16.2. The Hall–Kier alpha value is -3.57. The summed E-state index contributed by atoms with van der Waals surface area (Å²) in [5.41, 5.74) is 2.66. The van der Waals surface area contributed by atoms with Crippen molar-refractivity contribution in [3.8, 4) is 5.69 Å². The number of halogens is 1. The zero-order valence-corrected chi connectivity index (χ0v) is 19.8. The Morgan fingerprint density at radius 2 is 1.70 bits per heavy atom. The van der Waals surface area contributed by atoms with E-state index in [-0.39, 0.29) is 11.6 Å². The Morgan fingerprint density at radius 3 is 2.39 bits per heavy atom. The van der Waals surface area contributed by atoms with E-state index in [9.17, 15) is 9.59 Å². The van der Waals surface area contributed by atoms with Crippen molar-refractivity contribution in [2.24, 2.45) is 0 Å². The van der Waals surface area contributed by atoms with Gasteiger partial charge in [-0.15, -0.1) is 5.10 Å². The van der Waals surface area contributed by atoms with Crippen LogP contribution >= 0.6 is 27.7 Å². The molecule has 33 heavy (non-hydrogen) atoms. The van der Waals surface area contributed by atoms with Gasteiger partial charge in [-0.2, -0.15) is 0 Å². The molecule has 0 saturated heterocycles. The average molecular weight is 524 g/mol. The Morgan fingerprint density at radius 1 is 1.00 bits per heavy atom. The first-order valence-electron chi connectivity index (χ1n) is 9.79. The lowest BCUT2D eigenvalue weighted by molar-refractivity contribution is -0.114. The Labute approximate surface area is 202 Å².